The van der Waals surface area contributed by atoms with E-state index in [1.807, 2.05) is 0 Å². The Labute approximate surface area is 173 Å². The van der Waals surface area contributed by atoms with Crippen molar-refractivity contribution in [2.45, 2.75) is 97.4 Å². The number of hydrogen-bond donors (Lipinski definition) is 0. The first-order valence-corrected chi connectivity index (χ1v) is 11.2. The molecule has 4 rings (SSSR count). The molecule has 0 aromatic rings. The van der Waals surface area contributed by atoms with E-state index in [-0.39, 0.29) is 58.9 Å². The first kappa shape index (κ1) is 20.7. The van der Waals surface area contributed by atoms with Crippen LogP contribution >= 0.6 is 0 Å². The van der Waals surface area contributed by atoms with Crippen LogP contribution in [0.3, 0.4) is 0 Å². The molecule has 1 saturated heterocycles. The predicted molar refractivity (Wildman–Crippen MR) is 105 cm³/mol. The molecule has 0 spiro atoms. The highest BCUT2D eigenvalue weighted by molar-refractivity contribution is 5.71. The molecular formula is C23H34O6. The van der Waals surface area contributed by atoms with E-state index in [4.69, 9.17) is 14.2 Å². The highest BCUT2D eigenvalue weighted by atomic mass is 16.6. The lowest BCUT2D eigenvalue weighted by Crippen LogP contribution is -2.54. The van der Waals surface area contributed by atoms with E-state index >= 15 is 0 Å². The number of carbonyl (C=O) groups excluding carboxylic acids is 3. The van der Waals surface area contributed by atoms with Crippen molar-refractivity contribution in [2.24, 2.45) is 28.6 Å². The number of ether oxygens (including phenoxy) is 3. The second kappa shape index (κ2) is 7.28. The van der Waals surface area contributed by atoms with Gasteiger partial charge in [-0.25, -0.2) is 0 Å². The second-order valence-electron chi connectivity index (χ2n) is 10.3. The fourth-order valence-corrected chi connectivity index (χ4v) is 7.22. The van der Waals surface area contributed by atoms with Crippen molar-refractivity contribution < 1.29 is 28.6 Å². The van der Waals surface area contributed by atoms with Crippen LogP contribution in [0.4, 0.5) is 0 Å². The van der Waals surface area contributed by atoms with Gasteiger partial charge in [-0.3, -0.25) is 14.4 Å². The minimum Gasteiger partial charge on any atom is -0.463 e. The molecule has 1 aliphatic heterocycles. The van der Waals surface area contributed by atoms with Crippen LogP contribution in [0.5, 0.6) is 0 Å². The fourth-order valence-electron chi connectivity index (χ4n) is 7.22. The van der Waals surface area contributed by atoms with E-state index in [2.05, 4.69) is 13.8 Å². The molecule has 1 heterocycles. The fraction of sp³-hybridized carbons (Fsp3) is 0.870. The summed E-state index contributed by atoms with van der Waals surface area (Å²) in [7, 11) is 0. The van der Waals surface area contributed by atoms with Gasteiger partial charge in [-0.15, -0.1) is 0 Å². The van der Waals surface area contributed by atoms with Crippen LogP contribution in [0.15, 0.2) is 0 Å². The van der Waals surface area contributed by atoms with Crippen molar-refractivity contribution >= 4 is 17.9 Å². The molecule has 0 unspecified atom stereocenters. The quantitative estimate of drug-likeness (QED) is 0.513. The lowest BCUT2D eigenvalue weighted by atomic mass is 9.52. The van der Waals surface area contributed by atoms with Gasteiger partial charge in [0, 0.05) is 37.5 Å². The smallest absolute Gasteiger partial charge is 0.306 e. The van der Waals surface area contributed by atoms with Gasteiger partial charge in [0.2, 0.25) is 0 Å². The molecule has 4 fully saturated rings. The van der Waals surface area contributed by atoms with E-state index in [0.29, 0.717) is 12.3 Å². The lowest BCUT2D eigenvalue weighted by Gasteiger charge is -2.54. The van der Waals surface area contributed by atoms with Gasteiger partial charge in [0.15, 0.2) is 0 Å². The first-order chi connectivity index (χ1) is 13.6. The molecule has 0 aromatic heterocycles. The third-order valence-electron chi connectivity index (χ3n) is 8.76. The van der Waals surface area contributed by atoms with E-state index in [1.165, 1.54) is 13.8 Å². The molecule has 0 N–H and O–H groups in total. The van der Waals surface area contributed by atoms with Crippen LogP contribution in [-0.2, 0) is 28.6 Å². The normalized spacial score (nSPS) is 46.4. The van der Waals surface area contributed by atoms with Gasteiger partial charge in [0.1, 0.15) is 18.3 Å². The van der Waals surface area contributed by atoms with Crippen molar-refractivity contribution in [3.63, 3.8) is 0 Å². The molecule has 0 bridgehead atoms. The number of hydrogen-bond acceptors (Lipinski definition) is 6. The Morgan fingerprint density at radius 3 is 2.28 bits per heavy atom. The summed E-state index contributed by atoms with van der Waals surface area (Å²) >= 11 is 0. The zero-order valence-electron chi connectivity index (χ0n) is 18.1. The monoisotopic (exact) mass is 406 g/mol. The Morgan fingerprint density at radius 2 is 1.59 bits per heavy atom. The highest BCUT2D eigenvalue weighted by Gasteiger charge is 2.62. The summed E-state index contributed by atoms with van der Waals surface area (Å²) in [5, 5.41) is 0. The van der Waals surface area contributed by atoms with Gasteiger partial charge < -0.3 is 14.2 Å². The summed E-state index contributed by atoms with van der Waals surface area (Å²) < 4.78 is 17.3. The van der Waals surface area contributed by atoms with Crippen LogP contribution in [0.25, 0.3) is 0 Å². The van der Waals surface area contributed by atoms with E-state index in [0.717, 1.165) is 44.9 Å². The molecule has 3 saturated carbocycles. The number of fused-ring (bicyclic) bond motifs is 5. The van der Waals surface area contributed by atoms with Crippen LogP contribution in [-0.4, -0.2) is 36.2 Å². The van der Waals surface area contributed by atoms with Gasteiger partial charge in [-0.1, -0.05) is 13.8 Å². The summed E-state index contributed by atoms with van der Waals surface area (Å²) in [5.41, 5.74) is -0.118. The molecule has 4 aliphatic rings. The Kier molecular flexibility index (Phi) is 5.19. The van der Waals surface area contributed by atoms with Crippen LogP contribution in [0, 0.1) is 28.6 Å². The van der Waals surface area contributed by atoms with Crippen molar-refractivity contribution in [1.29, 1.82) is 0 Å². The summed E-state index contributed by atoms with van der Waals surface area (Å²) in [4.78, 5) is 35.8. The van der Waals surface area contributed by atoms with Crippen molar-refractivity contribution in [2.75, 3.05) is 0 Å². The zero-order chi connectivity index (χ0) is 21.0. The molecular weight excluding hydrogens is 372 g/mol. The minimum atomic E-state index is -0.247. The minimum absolute atomic E-state index is 0.00826. The summed E-state index contributed by atoms with van der Waals surface area (Å²) in [6.45, 7) is 7.46. The van der Waals surface area contributed by atoms with Crippen molar-refractivity contribution in [3.8, 4) is 0 Å². The topological polar surface area (TPSA) is 78.9 Å². The maximum absolute atomic E-state index is 12.8. The van der Waals surface area contributed by atoms with E-state index in [1.54, 1.807) is 0 Å². The molecule has 8 atom stereocenters. The average molecular weight is 407 g/mol. The second-order valence-corrected chi connectivity index (χ2v) is 10.3. The van der Waals surface area contributed by atoms with Gasteiger partial charge >= 0.3 is 17.9 Å². The molecule has 162 valence electrons. The SMILES string of the molecule is CC(=O)O[C@@H]1CC[C@@]2(C)[C@H](CC(=O)O[C@@H]3[C@H]2CC[C@@]2(C)[C@@H](OC(C)=O)CC[C@H]32)C1. The van der Waals surface area contributed by atoms with Crippen molar-refractivity contribution in [1.82, 2.24) is 0 Å². The average Bonchev–Trinajstić information content (AvgIpc) is 2.88. The molecule has 3 aliphatic carbocycles. The Bertz CT molecular complexity index is 703. The zero-order valence-corrected chi connectivity index (χ0v) is 18.1. The summed E-state index contributed by atoms with van der Waals surface area (Å²) in [6, 6.07) is 0. The van der Waals surface area contributed by atoms with Crippen LogP contribution in [0.2, 0.25) is 0 Å². The Hall–Kier alpha value is -1.59. The standard InChI is InChI=1S/C23H34O6/c1-13(24)27-16-7-9-22(3)15(11-16)12-20(26)29-21-17-5-6-19(28-14(2)25)23(17,4)10-8-18(21)22/h15-19,21H,5-12H2,1-4H3/t15-,16+,17+,18+,19-,21-,22-,23+/m0/s1. The third-order valence-corrected chi connectivity index (χ3v) is 8.76. The number of carbonyl (C=O) groups is 3. The van der Waals surface area contributed by atoms with Crippen LogP contribution in [0.1, 0.15) is 79.1 Å². The lowest BCUT2D eigenvalue weighted by molar-refractivity contribution is -0.175. The highest BCUT2D eigenvalue weighted by Crippen LogP contribution is 2.62. The number of rotatable bonds is 2. The van der Waals surface area contributed by atoms with Gasteiger partial charge in [0.05, 0.1) is 0 Å². The van der Waals surface area contributed by atoms with Gasteiger partial charge in [0.25, 0.3) is 0 Å². The van der Waals surface area contributed by atoms with Crippen LogP contribution < -0.4 is 0 Å². The van der Waals surface area contributed by atoms with E-state index in [9.17, 15) is 14.4 Å². The predicted octanol–water partition coefficient (Wildman–Crippen LogP) is 3.80. The molecule has 6 heteroatoms. The summed E-state index contributed by atoms with van der Waals surface area (Å²) in [6.07, 6.45) is 6.40. The maximum Gasteiger partial charge on any atom is 0.306 e. The Balaban J connectivity index is 1.59. The first-order valence-electron chi connectivity index (χ1n) is 11.2. The van der Waals surface area contributed by atoms with Gasteiger partial charge in [-0.05, 0) is 56.3 Å². The summed E-state index contributed by atoms with van der Waals surface area (Å²) in [5.74, 6) is 0.120. The maximum atomic E-state index is 12.8. The number of esters is 3. The molecule has 6 nitrogen and oxygen atoms in total. The van der Waals surface area contributed by atoms with Crippen molar-refractivity contribution in [3.05, 3.63) is 0 Å². The molecule has 29 heavy (non-hydrogen) atoms. The van der Waals surface area contributed by atoms with E-state index < -0.39 is 0 Å². The molecule has 0 aromatic carbocycles. The molecule has 0 amide bonds. The Morgan fingerprint density at radius 1 is 0.931 bits per heavy atom. The largest absolute Gasteiger partial charge is 0.463 e. The van der Waals surface area contributed by atoms with Gasteiger partial charge in [-0.2, -0.15) is 0 Å². The molecule has 0 radical (unpaired) electrons. The third kappa shape index (κ3) is 3.46.